The fraction of sp³-hybridized carbons (Fsp3) is 0.632. The summed E-state index contributed by atoms with van der Waals surface area (Å²) >= 11 is 0. The van der Waals surface area contributed by atoms with E-state index in [-0.39, 0.29) is 30.7 Å². The first kappa shape index (κ1) is 23.2. The molecule has 1 aromatic carbocycles. The van der Waals surface area contributed by atoms with Crippen LogP contribution in [0.25, 0.3) is 0 Å². The second-order valence-electron chi connectivity index (χ2n) is 7.08. The van der Waals surface area contributed by atoms with Gasteiger partial charge >= 0.3 is 0 Å². The van der Waals surface area contributed by atoms with Crippen molar-refractivity contribution in [2.75, 3.05) is 32.8 Å². The summed E-state index contributed by atoms with van der Waals surface area (Å²) < 4.78 is 5.38. The molecule has 0 atom stereocenters. The number of halogens is 2. The van der Waals surface area contributed by atoms with Gasteiger partial charge in [-0.15, -0.1) is 24.8 Å². The fourth-order valence-electron chi connectivity index (χ4n) is 3.69. The van der Waals surface area contributed by atoms with Gasteiger partial charge in [0.1, 0.15) is 0 Å². The van der Waals surface area contributed by atoms with Crippen LogP contribution in [0.15, 0.2) is 24.3 Å². The molecule has 2 fully saturated rings. The van der Waals surface area contributed by atoms with Crippen LogP contribution in [0.1, 0.15) is 36.8 Å². The molecule has 0 radical (unpaired) electrons. The average molecular weight is 404 g/mol. The molecule has 2 saturated heterocycles. The molecule has 0 aliphatic carbocycles. The summed E-state index contributed by atoms with van der Waals surface area (Å²) in [6, 6.07) is 8.54. The Hall–Kier alpha value is -0.850. The van der Waals surface area contributed by atoms with Crippen LogP contribution in [0, 0.1) is 5.41 Å². The van der Waals surface area contributed by atoms with Gasteiger partial charge in [-0.2, -0.15) is 0 Å². The minimum absolute atomic E-state index is 0. The molecular weight excluding hydrogens is 373 g/mol. The quantitative estimate of drug-likeness (QED) is 0.765. The van der Waals surface area contributed by atoms with Gasteiger partial charge in [-0.25, -0.2) is 0 Å². The number of hydrogen-bond donors (Lipinski definition) is 2. The van der Waals surface area contributed by atoms with E-state index in [1.807, 2.05) is 0 Å². The smallest absolute Gasteiger partial charge is 0.227 e. The molecule has 5 nitrogen and oxygen atoms in total. The maximum Gasteiger partial charge on any atom is 0.227 e. The molecule has 3 rings (SSSR count). The fourth-order valence-corrected chi connectivity index (χ4v) is 3.69. The van der Waals surface area contributed by atoms with Crippen molar-refractivity contribution in [2.45, 2.75) is 38.8 Å². The highest BCUT2D eigenvalue weighted by Gasteiger charge is 2.38. The number of rotatable bonds is 6. The van der Waals surface area contributed by atoms with Gasteiger partial charge in [-0.1, -0.05) is 24.3 Å². The molecule has 0 spiro atoms. The zero-order valence-corrected chi connectivity index (χ0v) is 16.9. The van der Waals surface area contributed by atoms with Crippen LogP contribution >= 0.6 is 24.8 Å². The first-order chi connectivity index (χ1) is 11.7. The van der Waals surface area contributed by atoms with E-state index in [2.05, 4.69) is 34.5 Å². The minimum atomic E-state index is -0.453. The third-order valence-electron chi connectivity index (χ3n) is 5.37. The molecule has 1 amide bonds. The average Bonchev–Trinajstić information content (AvgIpc) is 3.13. The molecule has 0 unspecified atom stereocenters. The van der Waals surface area contributed by atoms with Gasteiger partial charge in [-0.3, -0.25) is 9.69 Å². The number of benzene rings is 1. The van der Waals surface area contributed by atoms with E-state index in [1.54, 1.807) is 0 Å². The van der Waals surface area contributed by atoms with E-state index < -0.39 is 5.41 Å². The van der Waals surface area contributed by atoms with Gasteiger partial charge in [0.15, 0.2) is 0 Å². The number of amides is 1. The van der Waals surface area contributed by atoms with Crippen molar-refractivity contribution in [3.63, 3.8) is 0 Å². The highest BCUT2D eigenvalue weighted by Crippen LogP contribution is 2.29. The Kier molecular flexibility index (Phi) is 9.90. The summed E-state index contributed by atoms with van der Waals surface area (Å²) in [5.41, 5.74) is 7.92. The second-order valence-corrected chi connectivity index (χ2v) is 7.08. The van der Waals surface area contributed by atoms with Crippen LogP contribution in [-0.2, 0) is 22.6 Å². The zero-order chi connectivity index (χ0) is 16.8. The lowest BCUT2D eigenvalue weighted by atomic mass is 9.79. The Bertz CT molecular complexity index is 559. The van der Waals surface area contributed by atoms with Gasteiger partial charge in [0.2, 0.25) is 5.91 Å². The lowest BCUT2D eigenvalue weighted by Crippen LogP contribution is -2.48. The summed E-state index contributed by atoms with van der Waals surface area (Å²) in [6.07, 6.45) is 4.04. The zero-order valence-electron chi connectivity index (χ0n) is 15.2. The maximum atomic E-state index is 12.6. The highest BCUT2D eigenvalue weighted by atomic mass is 35.5. The van der Waals surface area contributed by atoms with Gasteiger partial charge in [-0.05, 0) is 49.9 Å². The van der Waals surface area contributed by atoms with E-state index >= 15 is 0 Å². The van der Waals surface area contributed by atoms with Crippen LogP contribution in [0.2, 0.25) is 0 Å². The summed E-state index contributed by atoms with van der Waals surface area (Å²) in [4.78, 5) is 15.1. The Morgan fingerprint density at radius 2 is 1.81 bits per heavy atom. The lowest BCUT2D eigenvalue weighted by molar-refractivity contribution is -0.136. The molecule has 0 aromatic heterocycles. The van der Waals surface area contributed by atoms with Crippen LogP contribution in [-0.4, -0.2) is 43.7 Å². The van der Waals surface area contributed by atoms with Gasteiger partial charge in [0.25, 0.3) is 0 Å². The first-order valence-electron chi connectivity index (χ1n) is 9.08. The van der Waals surface area contributed by atoms with Gasteiger partial charge < -0.3 is 15.8 Å². The van der Waals surface area contributed by atoms with Crippen molar-refractivity contribution in [1.82, 2.24) is 10.2 Å². The maximum absolute atomic E-state index is 12.6. The Morgan fingerprint density at radius 1 is 1.15 bits per heavy atom. The Labute approximate surface area is 168 Å². The number of carbonyl (C=O) groups excluding carboxylic acids is 1. The van der Waals surface area contributed by atoms with Crippen LogP contribution in [0.5, 0.6) is 0 Å². The largest absolute Gasteiger partial charge is 0.381 e. The molecule has 148 valence electrons. The molecule has 2 heterocycles. The van der Waals surface area contributed by atoms with Crippen molar-refractivity contribution >= 4 is 30.7 Å². The minimum Gasteiger partial charge on any atom is -0.381 e. The SMILES string of the molecule is Cl.Cl.NCC1(C(=O)NCc2cccc(CN3CCCC3)c2)CCOCC1. The van der Waals surface area contributed by atoms with Crippen molar-refractivity contribution in [1.29, 1.82) is 0 Å². The van der Waals surface area contributed by atoms with E-state index in [9.17, 15) is 4.79 Å². The molecule has 1 aromatic rings. The normalized spacial score (nSPS) is 19.3. The second kappa shape index (κ2) is 11.1. The summed E-state index contributed by atoms with van der Waals surface area (Å²) in [5.74, 6) is 0.0678. The number of nitrogens with zero attached hydrogens (tertiary/aromatic N) is 1. The molecular formula is C19H31Cl2N3O2. The van der Waals surface area contributed by atoms with E-state index in [0.717, 1.165) is 12.1 Å². The summed E-state index contributed by atoms with van der Waals surface area (Å²) in [7, 11) is 0. The van der Waals surface area contributed by atoms with Crippen LogP contribution in [0.4, 0.5) is 0 Å². The summed E-state index contributed by atoms with van der Waals surface area (Å²) in [6.45, 7) is 5.59. The number of carbonyl (C=O) groups is 1. The molecule has 26 heavy (non-hydrogen) atoms. The third kappa shape index (κ3) is 5.83. The molecule has 2 aliphatic rings. The molecule has 2 aliphatic heterocycles. The number of hydrogen-bond acceptors (Lipinski definition) is 4. The molecule has 7 heteroatoms. The van der Waals surface area contributed by atoms with E-state index in [4.69, 9.17) is 10.5 Å². The van der Waals surface area contributed by atoms with E-state index in [0.29, 0.717) is 39.1 Å². The van der Waals surface area contributed by atoms with E-state index in [1.165, 1.54) is 31.5 Å². The monoisotopic (exact) mass is 403 g/mol. The topological polar surface area (TPSA) is 67.6 Å². The van der Waals surface area contributed by atoms with Crippen LogP contribution < -0.4 is 11.1 Å². The highest BCUT2D eigenvalue weighted by molar-refractivity contribution is 5.85. The standard InChI is InChI=1S/C19H29N3O2.2ClH/c20-15-19(6-10-24-11-7-19)18(23)21-13-16-4-3-5-17(12-16)14-22-8-1-2-9-22;;/h3-5,12H,1-2,6-11,13-15,20H2,(H,21,23);2*1H. The Balaban J connectivity index is 0.00000169. The summed E-state index contributed by atoms with van der Waals surface area (Å²) in [5, 5.41) is 3.09. The van der Waals surface area contributed by atoms with Crippen LogP contribution in [0.3, 0.4) is 0 Å². The van der Waals surface area contributed by atoms with Gasteiger partial charge in [0, 0.05) is 32.8 Å². The molecule has 0 bridgehead atoms. The number of ether oxygens (including phenoxy) is 1. The number of likely N-dealkylation sites (tertiary alicyclic amines) is 1. The van der Waals surface area contributed by atoms with Crippen molar-refractivity contribution in [2.24, 2.45) is 11.1 Å². The van der Waals surface area contributed by atoms with Crippen molar-refractivity contribution in [3.05, 3.63) is 35.4 Å². The number of nitrogens with one attached hydrogen (secondary N) is 1. The Morgan fingerprint density at radius 3 is 2.46 bits per heavy atom. The molecule has 3 N–H and O–H groups in total. The number of nitrogens with two attached hydrogens (primary N) is 1. The predicted molar refractivity (Wildman–Crippen MR) is 109 cm³/mol. The predicted octanol–water partition coefficient (Wildman–Crippen LogP) is 2.50. The molecule has 0 saturated carbocycles. The first-order valence-corrected chi connectivity index (χ1v) is 9.08. The van der Waals surface area contributed by atoms with Gasteiger partial charge in [0.05, 0.1) is 5.41 Å². The third-order valence-corrected chi connectivity index (χ3v) is 5.37. The lowest BCUT2D eigenvalue weighted by Gasteiger charge is -2.34. The van der Waals surface area contributed by atoms with Crippen molar-refractivity contribution < 1.29 is 9.53 Å². The van der Waals surface area contributed by atoms with Crippen molar-refractivity contribution in [3.8, 4) is 0 Å².